The maximum atomic E-state index is 14.2. The van der Waals surface area contributed by atoms with E-state index in [0.717, 1.165) is 10.6 Å². The van der Waals surface area contributed by atoms with Gasteiger partial charge in [-0.3, -0.25) is 0 Å². The van der Waals surface area contributed by atoms with E-state index in [-0.39, 0.29) is 0 Å². The molecule has 1 heterocycles. The van der Waals surface area contributed by atoms with Gasteiger partial charge in [0.05, 0.1) is 4.47 Å². The van der Waals surface area contributed by atoms with Crippen LogP contribution >= 0.6 is 34.8 Å². The van der Waals surface area contributed by atoms with Crippen LogP contribution in [-0.4, -0.2) is 16.2 Å². The Morgan fingerprint density at radius 2 is 1.48 bits per heavy atom. The first-order valence-electron chi connectivity index (χ1n) is 6.94. The number of rotatable bonds is 4. The molecular formula is C17H14BrN2OPS. The molecule has 0 radical (unpaired) electrons. The molecule has 3 nitrogen and oxygen atoms in total. The molecule has 0 bridgehead atoms. The standard InChI is InChI=1S/C17H14BrN2OPS/c1-23-17-19-12-15(18)16(20-17)22(21,13-8-4-2-5-9-13)14-10-6-3-7-11-14/h2-12H,1H3. The molecule has 0 amide bonds. The monoisotopic (exact) mass is 404 g/mol. The van der Waals surface area contributed by atoms with E-state index in [1.807, 2.05) is 66.9 Å². The zero-order valence-electron chi connectivity index (χ0n) is 12.4. The molecule has 0 fully saturated rings. The van der Waals surface area contributed by atoms with E-state index in [1.54, 1.807) is 6.20 Å². The third kappa shape index (κ3) is 3.14. The Hall–Kier alpha value is -1.42. The van der Waals surface area contributed by atoms with Gasteiger partial charge in [0, 0.05) is 16.8 Å². The number of nitrogens with zero attached hydrogens (tertiary/aromatic N) is 2. The van der Waals surface area contributed by atoms with E-state index in [9.17, 15) is 4.57 Å². The third-order valence-corrected chi connectivity index (χ3v) is 7.86. The van der Waals surface area contributed by atoms with Crippen molar-refractivity contribution in [2.24, 2.45) is 0 Å². The zero-order valence-corrected chi connectivity index (χ0v) is 15.7. The summed E-state index contributed by atoms with van der Waals surface area (Å²) in [7, 11) is -3.07. The van der Waals surface area contributed by atoms with Gasteiger partial charge in [0.15, 0.2) is 12.3 Å². The minimum atomic E-state index is -3.07. The van der Waals surface area contributed by atoms with Gasteiger partial charge in [-0.1, -0.05) is 72.4 Å². The highest BCUT2D eigenvalue weighted by Crippen LogP contribution is 2.43. The zero-order chi connectivity index (χ0) is 16.3. The Kier molecular flexibility index (Phi) is 5.00. The van der Waals surface area contributed by atoms with Gasteiger partial charge >= 0.3 is 0 Å². The van der Waals surface area contributed by atoms with Crippen molar-refractivity contribution in [1.29, 1.82) is 0 Å². The van der Waals surface area contributed by atoms with E-state index in [4.69, 9.17) is 0 Å². The van der Waals surface area contributed by atoms with Crippen LogP contribution < -0.4 is 16.0 Å². The van der Waals surface area contributed by atoms with Crippen LogP contribution in [0.2, 0.25) is 0 Å². The second-order valence-corrected chi connectivity index (χ2v) is 9.11. The van der Waals surface area contributed by atoms with Crippen molar-refractivity contribution < 1.29 is 4.57 Å². The average Bonchev–Trinajstić information content (AvgIpc) is 2.63. The SMILES string of the molecule is CSc1ncc(Br)c(P(=O)(c2ccccc2)c2ccccc2)n1. The molecule has 23 heavy (non-hydrogen) atoms. The summed E-state index contributed by atoms with van der Waals surface area (Å²) in [5.74, 6) is 0. The van der Waals surface area contributed by atoms with Gasteiger partial charge in [0.1, 0.15) is 5.44 Å². The van der Waals surface area contributed by atoms with E-state index < -0.39 is 7.14 Å². The molecular weight excluding hydrogens is 391 g/mol. The lowest BCUT2D eigenvalue weighted by atomic mass is 10.4. The third-order valence-electron chi connectivity index (χ3n) is 3.42. The fraction of sp³-hybridized carbons (Fsp3) is 0.0588. The number of thioether (sulfide) groups is 1. The summed E-state index contributed by atoms with van der Waals surface area (Å²) in [5.41, 5.74) is 0.536. The van der Waals surface area contributed by atoms with Crippen molar-refractivity contribution in [2.75, 3.05) is 6.26 Å². The van der Waals surface area contributed by atoms with Crippen molar-refractivity contribution in [3.8, 4) is 0 Å². The smallest absolute Gasteiger partial charge is 0.189 e. The van der Waals surface area contributed by atoms with Gasteiger partial charge in [0.2, 0.25) is 0 Å². The summed E-state index contributed by atoms with van der Waals surface area (Å²) in [5, 5.41) is 2.13. The van der Waals surface area contributed by atoms with Crippen molar-refractivity contribution in [2.45, 2.75) is 5.16 Å². The van der Waals surface area contributed by atoms with Crippen LogP contribution in [0.5, 0.6) is 0 Å². The predicted octanol–water partition coefficient (Wildman–Crippen LogP) is 3.60. The Balaban J connectivity index is 2.32. The van der Waals surface area contributed by atoms with Gasteiger partial charge in [0.25, 0.3) is 0 Å². The molecule has 3 aromatic rings. The topological polar surface area (TPSA) is 42.9 Å². The fourth-order valence-electron chi connectivity index (χ4n) is 2.33. The Labute approximate surface area is 148 Å². The van der Waals surface area contributed by atoms with Crippen LogP contribution in [0, 0.1) is 0 Å². The van der Waals surface area contributed by atoms with E-state index in [1.165, 1.54) is 11.8 Å². The van der Waals surface area contributed by atoms with Crippen molar-refractivity contribution in [1.82, 2.24) is 9.97 Å². The second-order valence-electron chi connectivity index (χ2n) is 4.81. The van der Waals surface area contributed by atoms with Gasteiger partial charge in [-0.05, 0) is 22.2 Å². The highest BCUT2D eigenvalue weighted by atomic mass is 79.9. The lowest BCUT2D eigenvalue weighted by molar-refractivity contribution is 0.591. The van der Waals surface area contributed by atoms with E-state index in [2.05, 4.69) is 25.9 Å². The quantitative estimate of drug-likeness (QED) is 0.378. The first-order chi connectivity index (χ1) is 11.2. The van der Waals surface area contributed by atoms with Crippen LogP contribution in [0.1, 0.15) is 0 Å². The normalized spacial score (nSPS) is 11.4. The highest BCUT2D eigenvalue weighted by Gasteiger charge is 2.33. The van der Waals surface area contributed by atoms with Crippen molar-refractivity contribution >= 4 is 50.9 Å². The molecule has 0 unspecified atom stereocenters. The van der Waals surface area contributed by atoms with Gasteiger partial charge < -0.3 is 4.57 Å². The van der Waals surface area contributed by atoms with Crippen molar-refractivity contribution in [3.63, 3.8) is 0 Å². The molecule has 0 N–H and O–H groups in total. The molecule has 2 aromatic carbocycles. The maximum absolute atomic E-state index is 14.2. The number of hydrogen-bond donors (Lipinski definition) is 0. The van der Waals surface area contributed by atoms with Gasteiger partial charge in [-0.15, -0.1) is 0 Å². The molecule has 0 aliphatic rings. The average molecular weight is 405 g/mol. The summed E-state index contributed by atoms with van der Waals surface area (Å²) in [6.07, 6.45) is 3.58. The molecule has 6 heteroatoms. The lowest BCUT2D eigenvalue weighted by Gasteiger charge is -2.20. The molecule has 0 atom stereocenters. The van der Waals surface area contributed by atoms with E-state index >= 15 is 0 Å². The summed E-state index contributed by atoms with van der Waals surface area (Å²) in [4.78, 5) is 8.80. The number of halogens is 1. The minimum absolute atomic E-state index is 0.536. The molecule has 0 aliphatic carbocycles. The van der Waals surface area contributed by atoms with Crippen LogP contribution in [-0.2, 0) is 4.57 Å². The molecule has 3 rings (SSSR count). The summed E-state index contributed by atoms with van der Waals surface area (Å²) < 4.78 is 14.8. The molecule has 0 spiro atoms. The first-order valence-corrected chi connectivity index (χ1v) is 10.7. The predicted molar refractivity (Wildman–Crippen MR) is 101 cm³/mol. The number of benzene rings is 2. The molecule has 0 saturated carbocycles. The Morgan fingerprint density at radius 1 is 0.957 bits per heavy atom. The van der Waals surface area contributed by atoms with E-state index in [0.29, 0.717) is 15.1 Å². The summed E-state index contributed by atoms with van der Waals surface area (Å²) >= 11 is 4.92. The largest absolute Gasteiger partial charge is 0.307 e. The first kappa shape index (κ1) is 16.4. The fourth-order valence-corrected chi connectivity index (χ4v) is 6.25. The van der Waals surface area contributed by atoms with Crippen LogP contribution in [0.4, 0.5) is 0 Å². The molecule has 0 saturated heterocycles. The lowest BCUT2D eigenvalue weighted by Crippen LogP contribution is -2.28. The van der Waals surface area contributed by atoms with Crippen LogP contribution in [0.15, 0.2) is 76.5 Å². The van der Waals surface area contributed by atoms with Gasteiger partial charge in [-0.25, -0.2) is 9.97 Å². The molecule has 116 valence electrons. The van der Waals surface area contributed by atoms with Gasteiger partial charge in [-0.2, -0.15) is 0 Å². The Bertz CT molecular complexity index is 815. The summed E-state index contributed by atoms with van der Waals surface area (Å²) in [6, 6.07) is 19.0. The van der Waals surface area contributed by atoms with Crippen molar-refractivity contribution in [3.05, 3.63) is 71.3 Å². The highest BCUT2D eigenvalue weighted by molar-refractivity contribution is 9.10. The Morgan fingerprint density at radius 3 is 1.96 bits per heavy atom. The molecule has 1 aromatic heterocycles. The maximum Gasteiger partial charge on any atom is 0.189 e. The molecule has 0 aliphatic heterocycles. The minimum Gasteiger partial charge on any atom is -0.307 e. The summed E-state index contributed by atoms with van der Waals surface area (Å²) in [6.45, 7) is 0. The number of hydrogen-bond acceptors (Lipinski definition) is 4. The van der Waals surface area contributed by atoms with Crippen LogP contribution in [0.3, 0.4) is 0 Å². The number of aromatic nitrogens is 2. The van der Waals surface area contributed by atoms with Crippen LogP contribution in [0.25, 0.3) is 0 Å². The second kappa shape index (κ2) is 7.00.